The molecule has 0 saturated carbocycles. The molecular weight excluding hydrogens is 182 g/mol. The SMILES string of the molecule is C#Cc1ccc2c(Cl)nccc2c1. The largest absolute Gasteiger partial charge is 0.244 e. The van der Waals surface area contributed by atoms with E-state index in [9.17, 15) is 0 Å². The molecule has 0 fully saturated rings. The molecule has 0 aliphatic heterocycles. The van der Waals surface area contributed by atoms with Gasteiger partial charge in [0, 0.05) is 17.1 Å². The summed E-state index contributed by atoms with van der Waals surface area (Å²) in [4.78, 5) is 3.98. The molecule has 0 saturated heterocycles. The average molecular weight is 188 g/mol. The molecule has 0 N–H and O–H groups in total. The molecule has 0 radical (unpaired) electrons. The van der Waals surface area contributed by atoms with Crippen LogP contribution in [0.1, 0.15) is 5.56 Å². The van der Waals surface area contributed by atoms with Crippen LogP contribution in [0.2, 0.25) is 5.15 Å². The topological polar surface area (TPSA) is 12.9 Å². The third kappa shape index (κ3) is 1.37. The third-order valence-electron chi connectivity index (χ3n) is 1.88. The molecule has 0 bridgehead atoms. The summed E-state index contributed by atoms with van der Waals surface area (Å²) in [5.41, 5.74) is 0.856. The van der Waals surface area contributed by atoms with E-state index < -0.39 is 0 Å². The summed E-state index contributed by atoms with van der Waals surface area (Å²) in [6.07, 6.45) is 6.95. The molecule has 0 amide bonds. The number of aromatic nitrogens is 1. The fourth-order valence-corrected chi connectivity index (χ4v) is 1.46. The lowest BCUT2D eigenvalue weighted by molar-refractivity contribution is 1.36. The Kier molecular flexibility index (Phi) is 1.92. The monoisotopic (exact) mass is 187 g/mol. The minimum Gasteiger partial charge on any atom is -0.244 e. The highest BCUT2D eigenvalue weighted by Gasteiger charge is 1.98. The second-order valence-electron chi connectivity index (χ2n) is 2.68. The molecule has 0 aliphatic rings. The van der Waals surface area contributed by atoms with Crippen molar-refractivity contribution in [1.82, 2.24) is 4.98 Å². The summed E-state index contributed by atoms with van der Waals surface area (Å²) in [7, 11) is 0. The van der Waals surface area contributed by atoms with Gasteiger partial charge in [-0.2, -0.15) is 0 Å². The molecule has 13 heavy (non-hydrogen) atoms. The van der Waals surface area contributed by atoms with Crippen molar-refractivity contribution in [3.8, 4) is 12.3 Å². The van der Waals surface area contributed by atoms with Gasteiger partial charge in [0.2, 0.25) is 0 Å². The lowest BCUT2D eigenvalue weighted by Crippen LogP contribution is -1.80. The van der Waals surface area contributed by atoms with Gasteiger partial charge >= 0.3 is 0 Å². The summed E-state index contributed by atoms with van der Waals surface area (Å²) in [6, 6.07) is 7.56. The van der Waals surface area contributed by atoms with Crippen molar-refractivity contribution in [1.29, 1.82) is 0 Å². The number of pyridine rings is 1. The highest BCUT2D eigenvalue weighted by molar-refractivity contribution is 6.34. The third-order valence-corrected chi connectivity index (χ3v) is 2.18. The van der Waals surface area contributed by atoms with Crippen LogP contribution >= 0.6 is 11.6 Å². The first kappa shape index (κ1) is 8.10. The van der Waals surface area contributed by atoms with Crippen LogP contribution in [0.25, 0.3) is 10.8 Å². The molecular formula is C11H6ClN. The van der Waals surface area contributed by atoms with Crippen LogP contribution in [-0.2, 0) is 0 Å². The van der Waals surface area contributed by atoms with E-state index >= 15 is 0 Å². The van der Waals surface area contributed by atoms with Crippen LogP contribution in [0.5, 0.6) is 0 Å². The number of terminal acetylenes is 1. The van der Waals surface area contributed by atoms with Gasteiger partial charge in [-0.05, 0) is 23.6 Å². The smallest absolute Gasteiger partial charge is 0.136 e. The van der Waals surface area contributed by atoms with E-state index in [2.05, 4.69) is 10.9 Å². The Morgan fingerprint density at radius 1 is 1.31 bits per heavy atom. The maximum atomic E-state index is 5.89. The first-order valence-corrected chi connectivity index (χ1v) is 4.20. The van der Waals surface area contributed by atoms with E-state index in [0.717, 1.165) is 16.3 Å². The Morgan fingerprint density at radius 3 is 2.92 bits per heavy atom. The summed E-state index contributed by atoms with van der Waals surface area (Å²) in [6.45, 7) is 0. The number of fused-ring (bicyclic) bond motifs is 1. The molecule has 2 aromatic rings. The summed E-state index contributed by atoms with van der Waals surface area (Å²) in [5.74, 6) is 2.58. The van der Waals surface area contributed by atoms with Crippen LogP contribution in [0, 0.1) is 12.3 Å². The maximum absolute atomic E-state index is 5.89. The second-order valence-corrected chi connectivity index (χ2v) is 3.04. The molecule has 1 aromatic carbocycles. The first-order chi connectivity index (χ1) is 6.31. The highest BCUT2D eigenvalue weighted by Crippen LogP contribution is 2.21. The molecule has 2 heteroatoms. The number of benzene rings is 1. The Hall–Kier alpha value is -1.52. The fraction of sp³-hybridized carbons (Fsp3) is 0. The predicted molar refractivity (Wildman–Crippen MR) is 54.7 cm³/mol. The quantitative estimate of drug-likeness (QED) is 0.457. The molecule has 0 aliphatic carbocycles. The summed E-state index contributed by atoms with van der Waals surface area (Å²) >= 11 is 5.89. The number of halogens is 1. The van der Waals surface area contributed by atoms with Crippen molar-refractivity contribution in [2.75, 3.05) is 0 Å². The van der Waals surface area contributed by atoms with Crippen LogP contribution in [0.15, 0.2) is 30.5 Å². The standard InChI is InChI=1S/C11H6ClN/c1-2-8-3-4-10-9(7-8)5-6-13-11(10)12/h1,3-7H. The zero-order chi connectivity index (χ0) is 9.26. The Morgan fingerprint density at radius 2 is 2.15 bits per heavy atom. The number of hydrogen-bond donors (Lipinski definition) is 0. The Bertz CT molecular complexity index is 497. The van der Waals surface area contributed by atoms with E-state index in [-0.39, 0.29) is 0 Å². The highest BCUT2D eigenvalue weighted by atomic mass is 35.5. The zero-order valence-electron chi connectivity index (χ0n) is 6.79. The van der Waals surface area contributed by atoms with E-state index in [4.69, 9.17) is 18.0 Å². The van der Waals surface area contributed by atoms with Crippen LogP contribution in [-0.4, -0.2) is 4.98 Å². The van der Waals surface area contributed by atoms with E-state index in [1.54, 1.807) is 6.20 Å². The van der Waals surface area contributed by atoms with Gasteiger partial charge in [0.25, 0.3) is 0 Å². The van der Waals surface area contributed by atoms with Crippen molar-refractivity contribution >= 4 is 22.4 Å². The maximum Gasteiger partial charge on any atom is 0.136 e. The lowest BCUT2D eigenvalue weighted by atomic mass is 10.1. The van der Waals surface area contributed by atoms with Gasteiger partial charge in [0.05, 0.1) is 0 Å². The summed E-state index contributed by atoms with van der Waals surface area (Å²) in [5, 5.41) is 2.47. The van der Waals surface area contributed by atoms with Gasteiger partial charge in [0.15, 0.2) is 0 Å². The number of hydrogen-bond acceptors (Lipinski definition) is 1. The van der Waals surface area contributed by atoms with Crippen molar-refractivity contribution in [3.05, 3.63) is 41.2 Å². The molecule has 1 nitrogen and oxygen atoms in total. The zero-order valence-corrected chi connectivity index (χ0v) is 7.55. The van der Waals surface area contributed by atoms with Gasteiger partial charge in [-0.25, -0.2) is 4.98 Å². The van der Waals surface area contributed by atoms with Gasteiger partial charge in [-0.15, -0.1) is 6.42 Å². The van der Waals surface area contributed by atoms with Gasteiger partial charge < -0.3 is 0 Å². The van der Waals surface area contributed by atoms with Crippen molar-refractivity contribution < 1.29 is 0 Å². The van der Waals surface area contributed by atoms with E-state index in [1.165, 1.54) is 0 Å². The van der Waals surface area contributed by atoms with Gasteiger partial charge in [-0.3, -0.25) is 0 Å². The molecule has 1 aromatic heterocycles. The average Bonchev–Trinajstić information content (AvgIpc) is 2.18. The van der Waals surface area contributed by atoms with Gasteiger partial charge in [-0.1, -0.05) is 23.6 Å². The van der Waals surface area contributed by atoms with E-state index in [0.29, 0.717) is 5.15 Å². The van der Waals surface area contributed by atoms with E-state index in [1.807, 2.05) is 24.3 Å². The minimum atomic E-state index is 0.515. The van der Waals surface area contributed by atoms with Crippen LogP contribution in [0.3, 0.4) is 0 Å². The molecule has 0 spiro atoms. The number of rotatable bonds is 0. The fourth-order valence-electron chi connectivity index (χ4n) is 1.23. The molecule has 1 heterocycles. The molecule has 2 rings (SSSR count). The Labute approximate surface area is 81.4 Å². The van der Waals surface area contributed by atoms with Crippen LogP contribution in [0.4, 0.5) is 0 Å². The molecule has 0 atom stereocenters. The molecule has 0 unspecified atom stereocenters. The molecule has 62 valence electrons. The van der Waals surface area contributed by atoms with Crippen molar-refractivity contribution in [3.63, 3.8) is 0 Å². The second kappa shape index (κ2) is 3.08. The van der Waals surface area contributed by atoms with Crippen molar-refractivity contribution in [2.45, 2.75) is 0 Å². The number of nitrogens with zero attached hydrogens (tertiary/aromatic N) is 1. The summed E-state index contributed by atoms with van der Waals surface area (Å²) < 4.78 is 0. The predicted octanol–water partition coefficient (Wildman–Crippen LogP) is 2.87. The van der Waals surface area contributed by atoms with Gasteiger partial charge in [0.1, 0.15) is 5.15 Å². The van der Waals surface area contributed by atoms with Crippen molar-refractivity contribution in [2.24, 2.45) is 0 Å². The Balaban J connectivity index is 2.82. The van der Waals surface area contributed by atoms with Crippen LogP contribution < -0.4 is 0 Å². The minimum absolute atomic E-state index is 0.515. The lowest BCUT2D eigenvalue weighted by Gasteiger charge is -1.99. The normalized spacial score (nSPS) is 9.85. The first-order valence-electron chi connectivity index (χ1n) is 3.82.